The van der Waals surface area contributed by atoms with E-state index in [1.165, 1.54) is 44.6 Å². The minimum absolute atomic E-state index is 0.0617. The van der Waals surface area contributed by atoms with Crippen LogP contribution in [0.2, 0.25) is 0 Å². The van der Waals surface area contributed by atoms with Gasteiger partial charge in [0.2, 0.25) is 0 Å². The van der Waals surface area contributed by atoms with Gasteiger partial charge in [0.25, 0.3) is 0 Å². The first kappa shape index (κ1) is 18.9. The summed E-state index contributed by atoms with van der Waals surface area (Å²) in [6.45, 7) is 0. The Balaban J connectivity index is 2.34. The first-order chi connectivity index (χ1) is 11.7. The Morgan fingerprint density at radius 2 is 1.64 bits per heavy atom. The normalized spacial score (nSPS) is 12.4. The van der Waals surface area contributed by atoms with E-state index in [0.717, 1.165) is 23.6 Å². The van der Waals surface area contributed by atoms with Crippen LogP contribution in [0.1, 0.15) is 11.1 Å². The number of rotatable bonds is 5. The topological polar surface area (TPSA) is 52.6 Å². The van der Waals surface area contributed by atoms with E-state index in [4.69, 9.17) is 9.47 Å². The largest absolute Gasteiger partial charge is 0.493 e. The van der Waals surface area contributed by atoms with Gasteiger partial charge in [-0.3, -0.25) is 0 Å². The Labute approximate surface area is 143 Å². The van der Waals surface area contributed by atoms with Crippen molar-refractivity contribution < 1.29 is 31.1 Å². The van der Waals surface area contributed by atoms with Crippen molar-refractivity contribution in [2.45, 2.75) is 11.1 Å². The van der Waals surface area contributed by atoms with Crippen LogP contribution in [-0.2, 0) is 16.0 Å². The molecule has 0 N–H and O–H groups in total. The number of benzene rings is 2. The van der Waals surface area contributed by atoms with E-state index in [9.17, 15) is 21.6 Å². The summed E-state index contributed by atoms with van der Waals surface area (Å²) in [5, 5.41) is 0.851. The van der Waals surface area contributed by atoms with Crippen molar-refractivity contribution >= 4 is 15.9 Å². The molecule has 134 valence electrons. The lowest BCUT2D eigenvalue weighted by Crippen LogP contribution is -2.04. The minimum Gasteiger partial charge on any atom is -0.493 e. The van der Waals surface area contributed by atoms with Crippen LogP contribution in [0.4, 0.5) is 13.2 Å². The van der Waals surface area contributed by atoms with Crippen LogP contribution in [0.5, 0.6) is 11.5 Å². The van der Waals surface area contributed by atoms with Gasteiger partial charge in [-0.1, -0.05) is 12.1 Å². The van der Waals surface area contributed by atoms with E-state index in [1.54, 1.807) is 0 Å². The Hall–Kier alpha value is -2.48. The predicted octanol–water partition coefficient (Wildman–Crippen LogP) is 4.17. The predicted molar refractivity (Wildman–Crippen MR) is 87.2 cm³/mol. The summed E-state index contributed by atoms with van der Waals surface area (Å²) in [5.41, 5.74) is -0.725. The van der Waals surface area contributed by atoms with E-state index in [0.29, 0.717) is 5.75 Å². The molecule has 0 bridgehead atoms. The van der Waals surface area contributed by atoms with Gasteiger partial charge >= 0.3 is 6.18 Å². The third-order valence-corrected chi connectivity index (χ3v) is 4.74. The highest BCUT2D eigenvalue weighted by Gasteiger charge is 2.30. The number of alkyl halides is 3. The van der Waals surface area contributed by atoms with Gasteiger partial charge in [-0.2, -0.15) is 13.2 Å². The zero-order chi connectivity index (χ0) is 18.7. The molecule has 0 amide bonds. The van der Waals surface area contributed by atoms with Crippen molar-refractivity contribution in [2.75, 3.05) is 14.2 Å². The van der Waals surface area contributed by atoms with Gasteiger partial charge < -0.3 is 9.47 Å². The van der Waals surface area contributed by atoms with Gasteiger partial charge in [0.05, 0.1) is 24.7 Å². The lowest BCUT2D eigenvalue weighted by Gasteiger charge is -2.09. The number of hydrogen-bond donors (Lipinski definition) is 0. The molecule has 2 aromatic rings. The number of halogens is 3. The number of hydrogen-bond acceptors (Lipinski definition) is 4. The second-order valence-corrected chi connectivity index (χ2v) is 6.82. The Morgan fingerprint density at radius 1 is 0.960 bits per heavy atom. The average molecular weight is 372 g/mol. The molecule has 0 unspecified atom stereocenters. The molecule has 0 saturated carbocycles. The molecule has 8 heteroatoms. The van der Waals surface area contributed by atoms with Gasteiger partial charge in [0.1, 0.15) is 0 Å². The summed E-state index contributed by atoms with van der Waals surface area (Å²) in [7, 11) is -1.08. The SMILES string of the molecule is COc1ccc(S(=O)(=O)/C=C/c2cccc(C(F)(F)F)c2)cc1OC. The van der Waals surface area contributed by atoms with Crippen LogP contribution in [0.3, 0.4) is 0 Å². The average Bonchev–Trinajstić information content (AvgIpc) is 2.59. The zero-order valence-electron chi connectivity index (χ0n) is 13.4. The third kappa shape index (κ3) is 4.54. The third-order valence-electron chi connectivity index (χ3n) is 3.34. The zero-order valence-corrected chi connectivity index (χ0v) is 14.2. The molecule has 0 aliphatic rings. The second kappa shape index (κ2) is 7.18. The van der Waals surface area contributed by atoms with Gasteiger partial charge in [0, 0.05) is 11.5 Å². The number of ether oxygens (including phenoxy) is 2. The first-order valence-electron chi connectivity index (χ1n) is 7.00. The van der Waals surface area contributed by atoms with E-state index < -0.39 is 21.6 Å². The molecule has 4 nitrogen and oxygen atoms in total. The van der Waals surface area contributed by atoms with E-state index in [1.807, 2.05) is 0 Å². The molecule has 0 fully saturated rings. The highest BCUT2D eigenvalue weighted by Crippen LogP contribution is 2.31. The van der Waals surface area contributed by atoms with E-state index >= 15 is 0 Å². The minimum atomic E-state index is -4.49. The number of sulfone groups is 1. The van der Waals surface area contributed by atoms with Crippen molar-refractivity contribution in [1.29, 1.82) is 0 Å². The van der Waals surface area contributed by atoms with Crippen LogP contribution in [0.25, 0.3) is 6.08 Å². The molecular formula is C17H15F3O4S. The molecule has 0 saturated heterocycles. The Kier molecular flexibility index (Phi) is 5.42. The van der Waals surface area contributed by atoms with Crippen LogP contribution in [0, 0.1) is 0 Å². The van der Waals surface area contributed by atoms with Crippen molar-refractivity contribution in [3.05, 3.63) is 59.0 Å². The van der Waals surface area contributed by atoms with Gasteiger partial charge in [-0.15, -0.1) is 0 Å². The first-order valence-corrected chi connectivity index (χ1v) is 8.54. The molecule has 0 heterocycles. The highest BCUT2D eigenvalue weighted by atomic mass is 32.2. The molecule has 0 aromatic heterocycles. The highest BCUT2D eigenvalue weighted by molar-refractivity contribution is 7.94. The molecule has 0 spiro atoms. The van der Waals surface area contributed by atoms with Gasteiger partial charge in [-0.25, -0.2) is 8.42 Å². The summed E-state index contributed by atoms with van der Waals surface area (Å²) < 4.78 is 72.9. The maximum absolute atomic E-state index is 12.7. The lowest BCUT2D eigenvalue weighted by molar-refractivity contribution is -0.137. The molecule has 25 heavy (non-hydrogen) atoms. The van der Waals surface area contributed by atoms with Crippen LogP contribution in [-0.4, -0.2) is 22.6 Å². The molecule has 0 atom stereocenters. The summed E-state index contributed by atoms with van der Waals surface area (Å²) >= 11 is 0. The summed E-state index contributed by atoms with van der Waals surface area (Å²) in [6, 6.07) is 8.43. The maximum atomic E-state index is 12.7. The van der Waals surface area contributed by atoms with Crippen LogP contribution < -0.4 is 9.47 Å². The lowest BCUT2D eigenvalue weighted by atomic mass is 10.1. The second-order valence-electron chi connectivity index (χ2n) is 4.99. The van der Waals surface area contributed by atoms with Crippen LogP contribution >= 0.6 is 0 Å². The Morgan fingerprint density at radius 3 is 2.24 bits per heavy atom. The van der Waals surface area contributed by atoms with Crippen LogP contribution in [0.15, 0.2) is 52.8 Å². The molecule has 0 aliphatic carbocycles. The summed E-state index contributed by atoms with van der Waals surface area (Å²) in [5.74, 6) is 0.597. The summed E-state index contributed by atoms with van der Waals surface area (Å²) in [4.78, 5) is -0.0617. The van der Waals surface area contributed by atoms with Gasteiger partial charge in [-0.05, 0) is 35.9 Å². The summed E-state index contributed by atoms with van der Waals surface area (Å²) in [6.07, 6.45) is -3.38. The monoisotopic (exact) mass is 372 g/mol. The number of methoxy groups -OCH3 is 2. The van der Waals surface area contributed by atoms with Crippen molar-refractivity contribution in [2.24, 2.45) is 0 Å². The fourth-order valence-corrected chi connectivity index (χ4v) is 3.08. The molecule has 0 radical (unpaired) electrons. The Bertz CT molecular complexity index is 887. The van der Waals surface area contributed by atoms with Crippen molar-refractivity contribution in [3.8, 4) is 11.5 Å². The molecule has 2 aromatic carbocycles. The fourth-order valence-electron chi connectivity index (χ4n) is 2.06. The molecule has 0 aliphatic heterocycles. The standard InChI is InChI=1S/C17H15F3O4S/c1-23-15-7-6-14(11-16(15)24-2)25(21,22)9-8-12-4-3-5-13(10-12)17(18,19)20/h3-11H,1-2H3/b9-8+. The molecule has 2 rings (SSSR count). The molecular weight excluding hydrogens is 357 g/mol. The van der Waals surface area contributed by atoms with Gasteiger partial charge in [0.15, 0.2) is 21.3 Å². The maximum Gasteiger partial charge on any atom is 0.416 e. The van der Waals surface area contributed by atoms with Crippen molar-refractivity contribution in [1.82, 2.24) is 0 Å². The smallest absolute Gasteiger partial charge is 0.416 e. The van der Waals surface area contributed by atoms with E-state index in [-0.39, 0.29) is 16.2 Å². The van der Waals surface area contributed by atoms with E-state index in [2.05, 4.69) is 0 Å². The van der Waals surface area contributed by atoms with Crippen molar-refractivity contribution in [3.63, 3.8) is 0 Å². The quantitative estimate of drug-likeness (QED) is 0.791. The fraction of sp³-hybridized carbons (Fsp3) is 0.176.